The molecule has 0 N–H and O–H groups in total. The van der Waals surface area contributed by atoms with Crippen LogP contribution in [0.3, 0.4) is 0 Å². The summed E-state index contributed by atoms with van der Waals surface area (Å²) in [5.74, 6) is -4.37. The van der Waals surface area contributed by atoms with Crippen LogP contribution in [0, 0.1) is 17.5 Å². The van der Waals surface area contributed by atoms with Crippen molar-refractivity contribution in [3.05, 3.63) is 46.9 Å². The average Bonchev–Trinajstić information content (AvgIpc) is 2.89. The lowest BCUT2D eigenvalue weighted by Crippen LogP contribution is -2.06. The Morgan fingerprint density at radius 3 is 2.22 bits per heavy atom. The molecule has 0 amide bonds. The van der Waals surface area contributed by atoms with Gasteiger partial charge in [0.05, 0.1) is 16.1 Å². The molecule has 1 aromatic carbocycles. The topological polar surface area (TPSA) is 52.8 Å². The maximum atomic E-state index is 14.0. The summed E-state index contributed by atoms with van der Waals surface area (Å²) in [5, 5.41) is 7.49. The molecule has 3 rings (SSSR count). The summed E-state index contributed by atoms with van der Waals surface area (Å²) in [4.78, 5) is 3.65. The van der Waals surface area contributed by atoms with E-state index in [1.807, 2.05) is 0 Å². The van der Waals surface area contributed by atoms with Crippen molar-refractivity contribution >= 4 is 24.0 Å². The Morgan fingerprint density at radius 1 is 1.04 bits per heavy atom. The van der Waals surface area contributed by atoms with E-state index >= 15 is 0 Å². The number of alkyl halides is 2. The lowest BCUT2D eigenvalue weighted by Gasteiger charge is -2.10. The zero-order valence-electron chi connectivity index (χ0n) is 13.3. The molecule has 0 aliphatic carbocycles. The third-order valence-electron chi connectivity index (χ3n) is 3.36. The first-order valence-electron chi connectivity index (χ1n) is 6.93. The smallest absolute Gasteiger partial charge is 0.388 e. The molecule has 27 heavy (non-hydrogen) atoms. The molecule has 0 unspecified atom stereocenters. The van der Waals surface area contributed by atoms with Gasteiger partial charge in [0.2, 0.25) is 5.88 Å². The predicted octanol–water partition coefficient (Wildman–Crippen LogP) is 4.64. The number of pyridine rings is 1. The average molecular weight is 427 g/mol. The van der Waals surface area contributed by atoms with Gasteiger partial charge in [-0.05, 0) is 6.07 Å². The van der Waals surface area contributed by atoms with Crippen molar-refractivity contribution in [3.8, 4) is 28.7 Å². The van der Waals surface area contributed by atoms with E-state index in [1.165, 1.54) is 13.1 Å². The summed E-state index contributed by atoms with van der Waals surface area (Å²) >= 11 is 5.82. The number of halogens is 7. The fraction of sp³-hybridized carbons (Fsp3) is 0.133. The molecule has 0 spiro atoms. The SMILES string of the molecule is Cl.Cn1c(-c2cc(Cl)cnc2OC(F)F)nnc1-c1c(F)cc(F)cc1F. The molecule has 5 nitrogen and oxygen atoms in total. The van der Waals surface area contributed by atoms with Crippen molar-refractivity contribution in [2.45, 2.75) is 6.61 Å². The molecule has 0 saturated carbocycles. The van der Waals surface area contributed by atoms with Crippen LogP contribution in [0.2, 0.25) is 5.02 Å². The Morgan fingerprint density at radius 2 is 1.63 bits per heavy atom. The lowest BCUT2D eigenvalue weighted by atomic mass is 10.1. The van der Waals surface area contributed by atoms with E-state index in [0.717, 1.165) is 10.8 Å². The zero-order valence-corrected chi connectivity index (χ0v) is 14.8. The van der Waals surface area contributed by atoms with Crippen LogP contribution in [-0.2, 0) is 7.05 Å². The van der Waals surface area contributed by atoms with Gasteiger partial charge in [0, 0.05) is 25.4 Å². The van der Waals surface area contributed by atoms with Gasteiger partial charge in [0.25, 0.3) is 0 Å². The van der Waals surface area contributed by atoms with Crippen LogP contribution in [0.5, 0.6) is 5.88 Å². The monoisotopic (exact) mass is 426 g/mol. The van der Waals surface area contributed by atoms with Crippen LogP contribution in [0.25, 0.3) is 22.8 Å². The highest BCUT2D eigenvalue weighted by Gasteiger charge is 2.23. The van der Waals surface area contributed by atoms with E-state index < -0.39 is 35.5 Å². The van der Waals surface area contributed by atoms with Crippen molar-refractivity contribution in [3.63, 3.8) is 0 Å². The standard InChI is InChI=1S/C15H8ClF5N4O.ClH/c1-25-12(8-2-6(16)5-22-14(8)26-15(20)21)23-24-13(25)11-9(18)3-7(17)4-10(11)19;/h2-5,15H,1H3;1H. The molecule has 0 saturated heterocycles. The summed E-state index contributed by atoms with van der Waals surface area (Å²) in [6.07, 6.45) is 1.08. The van der Waals surface area contributed by atoms with E-state index in [0.29, 0.717) is 12.1 Å². The highest BCUT2D eigenvalue weighted by Crippen LogP contribution is 2.33. The van der Waals surface area contributed by atoms with Crippen LogP contribution in [0.4, 0.5) is 22.0 Å². The van der Waals surface area contributed by atoms with Crippen molar-refractivity contribution in [2.75, 3.05) is 0 Å². The molecule has 144 valence electrons. The van der Waals surface area contributed by atoms with Crippen molar-refractivity contribution < 1.29 is 26.7 Å². The largest absolute Gasteiger partial charge is 0.416 e. The molecular formula is C15H9Cl2F5N4O. The maximum Gasteiger partial charge on any atom is 0.388 e. The first-order valence-corrected chi connectivity index (χ1v) is 7.30. The second kappa shape index (κ2) is 8.05. The third kappa shape index (κ3) is 4.11. The number of aromatic nitrogens is 4. The van der Waals surface area contributed by atoms with Crippen molar-refractivity contribution in [1.82, 2.24) is 19.7 Å². The molecule has 0 bridgehead atoms. The van der Waals surface area contributed by atoms with Gasteiger partial charge in [0.15, 0.2) is 11.6 Å². The van der Waals surface area contributed by atoms with Gasteiger partial charge in [-0.3, -0.25) is 0 Å². The van der Waals surface area contributed by atoms with Crippen molar-refractivity contribution in [1.29, 1.82) is 0 Å². The summed E-state index contributed by atoms with van der Waals surface area (Å²) in [6, 6.07) is 2.20. The first-order chi connectivity index (χ1) is 12.3. The van der Waals surface area contributed by atoms with Crippen molar-refractivity contribution in [2.24, 2.45) is 7.05 Å². The first kappa shape index (κ1) is 20.8. The minimum atomic E-state index is -3.16. The minimum Gasteiger partial charge on any atom is -0.416 e. The summed E-state index contributed by atoms with van der Waals surface area (Å²) in [5.41, 5.74) is -0.694. The second-order valence-corrected chi connectivity index (χ2v) is 5.47. The van der Waals surface area contributed by atoms with E-state index in [4.69, 9.17) is 11.6 Å². The van der Waals surface area contributed by atoms with Crippen LogP contribution in [0.1, 0.15) is 0 Å². The Kier molecular flexibility index (Phi) is 6.22. The number of ether oxygens (including phenoxy) is 1. The second-order valence-electron chi connectivity index (χ2n) is 5.04. The minimum absolute atomic E-state index is 0. The Bertz CT molecular complexity index is 960. The number of hydrogen-bond donors (Lipinski definition) is 0. The summed E-state index contributed by atoms with van der Waals surface area (Å²) in [6.45, 7) is -3.16. The molecule has 0 aliphatic rings. The van der Waals surface area contributed by atoms with Gasteiger partial charge < -0.3 is 9.30 Å². The Balaban J connectivity index is 0.00000261. The zero-order chi connectivity index (χ0) is 19.0. The van der Waals surface area contributed by atoms with Crippen LogP contribution < -0.4 is 4.74 Å². The number of hydrogen-bond acceptors (Lipinski definition) is 4. The van der Waals surface area contributed by atoms with Gasteiger partial charge in [-0.2, -0.15) is 8.78 Å². The van der Waals surface area contributed by atoms with Gasteiger partial charge in [-0.15, -0.1) is 22.6 Å². The molecule has 0 atom stereocenters. The molecule has 12 heteroatoms. The van der Waals surface area contributed by atoms with Crippen LogP contribution >= 0.6 is 24.0 Å². The van der Waals surface area contributed by atoms with Crippen LogP contribution in [0.15, 0.2) is 24.4 Å². The normalized spacial score (nSPS) is 10.8. The molecule has 0 radical (unpaired) electrons. The highest BCUT2D eigenvalue weighted by molar-refractivity contribution is 6.30. The molecular weight excluding hydrogens is 418 g/mol. The molecule has 0 fully saturated rings. The van der Waals surface area contributed by atoms with E-state index in [9.17, 15) is 22.0 Å². The van der Waals surface area contributed by atoms with Gasteiger partial charge >= 0.3 is 6.61 Å². The maximum absolute atomic E-state index is 14.0. The predicted molar refractivity (Wildman–Crippen MR) is 88.4 cm³/mol. The fourth-order valence-corrected chi connectivity index (χ4v) is 2.46. The fourth-order valence-electron chi connectivity index (χ4n) is 2.30. The Hall–Kier alpha value is -2.46. The number of rotatable bonds is 4. The van der Waals surface area contributed by atoms with E-state index in [2.05, 4.69) is 19.9 Å². The van der Waals surface area contributed by atoms with Crippen LogP contribution in [-0.4, -0.2) is 26.4 Å². The number of benzene rings is 1. The lowest BCUT2D eigenvalue weighted by molar-refractivity contribution is -0.0524. The summed E-state index contributed by atoms with van der Waals surface area (Å²) < 4.78 is 71.6. The molecule has 2 aromatic heterocycles. The molecule has 0 aliphatic heterocycles. The van der Waals surface area contributed by atoms with Gasteiger partial charge in [-0.25, -0.2) is 18.2 Å². The summed E-state index contributed by atoms with van der Waals surface area (Å²) in [7, 11) is 1.33. The van der Waals surface area contributed by atoms with Gasteiger partial charge in [0.1, 0.15) is 17.5 Å². The molecule has 3 aromatic rings. The van der Waals surface area contributed by atoms with E-state index in [1.54, 1.807) is 0 Å². The quantitative estimate of drug-likeness (QED) is 0.570. The highest BCUT2D eigenvalue weighted by atomic mass is 35.5. The molecule has 2 heterocycles. The third-order valence-corrected chi connectivity index (χ3v) is 3.57. The van der Waals surface area contributed by atoms with Gasteiger partial charge in [-0.1, -0.05) is 11.6 Å². The Labute approximate surface area is 160 Å². The number of nitrogens with zero attached hydrogens (tertiary/aromatic N) is 4. The van der Waals surface area contributed by atoms with E-state index in [-0.39, 0.29) is 34.6 Å².